The van der Waals surface area contributed by atoms with Gasteiger partial charge in [-0.05, 0) is 18.2 Å². The summed E-state index contributed by atoms with van der Waals surface area (Å²) in [5, 5.41) is 1.73. The predicted octanol–water partition coefficient (Wildman–Crippen LogP) is 2.01. The average molecular weight is 184 g/mol. The molecule has 68 valence electrons. The molecule has 3 rings (SSSR count). The van der Waals surface area contributed by atoms with Crippen molar-refractivity contribution in [1.29, 1.82) is 0 Å². The number of H-pyrrole nitrogens is 2. The zero-order valence-electron chi connectivity index (χ0n) is 7.37. The first-order valence-corrected chi connectivity index (χ1v) is 4.44. The van der Waals surface area contributed by atoms with Crippen molar-refractivity contribution in [3.05, 3.63) is 46.9 Å². The van der Waals surface area contributed by atoms with Gasteiger partial charge >= 0.3 is 0 Å². The van der Waals surface area contributed by atoms with Crippen molar-refractivity contribution in [3.63, 3.8) is 0 Å². The van der Waals surface area contributed by atoms with E-state index in [9.17, 15) is 4.79 Å². The first-order chi connectivity index (χ1) is 6.86. The molecule has 0 saturated carbocycles. The molecule has 2 aromatic heterocycles. The van der Waals surface area contributed by atoms with E-state index in [-0.39, 0.29) is 5.43 Å². The van der Waals surface area contributed by atoms with Gasteiger partial charge < -0.3 is 9.97 Å². The molecule has 0 radical (unpaired) electrons. The van der Waals surface area contributed by atoms with Gasteiger partial charge in [-0.15, -0.1) is 0 Å². The number of nitrogens with one attached hydrogen (secondary N) is 2. The quantitative estimate of drug-likeness (QED) is 0.551. The molecule has 0 aliphatic rings. The van der Waals surface area contributed by atoms with Gasteiger partial charge in [-0.2, -0.15) is 0 Å². The minimum Gasteiger partial charge on any atom is -0.361 e. The van der Waals surface area contributed by atoms with Gasteiger partial charge in [0.05, 0.1) is 10.9 Å². The summed E-state index contributed by atoms with van der Waals surface area (Å²) in [5.41, 5.74) is 1.93. The maximum atomic E-state index is 11.7. The van der Waals surface area contributed by atoms with Crippen LogP contribution < -0.4 is 5.43 Å². The van der Waals surface area contributed by atoms with Crippen LogP contribution in [0.2, 0.25) is 0 Å². The molecule has 3 aromatic rings. The van der Waals surface area contributed by atoms with Crippen LogP contribution in [0.5, 0.6) is 0 Å². The Morgan fingerprint density at radius 2 is 1.57 bits per heavy atom. The SMILES string of the molecule is O=c1cc[nH]c2ccc3[nH]ccc3c12. The smallest absolute Gasteiger partial charge is 0.190 e. The highest BCUT2D eigenvalue weighted by atomic mass is 16.1. The molecule has 0 spiro atoms. The number of rotatable bonds is 0. The van der Waals surface area contributed by atoms with Gasteiger partial charge in [0, 0.05) is 29.4 Å². The van der Waals surface area contributed by atoms with Crippen LogP contribution in [0, 0.1) is 0 Å². The Labute approximate surface area is 79.4 Å². The summed E-state index contributed by atoms with van der Waals surface area (Å²) in [7, 11) is 0. The molecule has 1 aromatic carbocycles. The van der Waals surface area contributed by atoms with Crippen LogP contribution in [0.15, 0.2) is 41.5 Å². The van der Waals surface area contributed by atoms with Gasteiger partial charge in [-0.25, -0.2) is 0 Å². The van der Waals surface area contributed by atoms with Gasteiger partial charge in [0.2, 0.25) is 0 Å². The highest BCUT2D eigenvalue weighted by Gasteiger charge is 2.03. The summed E-state index contributed by atoms with van der Waals surface area (Å²) in [6, 6.07) is 7.35. The van der Waals surface area contributed by atoms with Gasteiger partial charge in [0.15, 0.2) is 5.43 Å². The molecule has 0 aliphatic heterocycles. The van der Waals surface area contributed by atoms with Crippen molar-refractivity contribution in [3.8, 4) is 0 Å². The Bertz CT molecular complexity index is 663. The van der Waals surface area contributed by atoms with Crippen molar-refractivity contribution >= 4 is 21.8 Å². The molecule has 0 fully saturated rings. The Hall–Kier alpha value is -2.03. The fraction of sp³-hybridized carbons (Fsp3) is 0. The zero-order chi connectivity index (χ0) is 9.54. The number of hydrogen-bond acceptors (Lipinski definition) is 1. The molecule has 14 heavy (non-hydrogen) atoms. The molecule has 2 heterocycles. The lowest BCUT2D eigenvalue weighted by atomic mass is 10.1. The number of fused-ring (bicyclic) bond motifs is 3. The third-order valence-corrected chi connectivity index (χ3v) is 2.45. The minimum absolute atomic E-state index is 0.0592. The van der Waals surface area contributed by atoms with Gasteiger partial charge in [-0.3, -0.25) is 4.79 Å². The Kier molecular flexibility index (Phi) is 1.31. The van der Waals surface area contributed by atoms with E-state index < -0.39 is 0 Å². The Morgan fingerprint density at radius 3 is 2.50 bits per heavy atom. The molecule has 3 nitrogen and oxygen atoms in total. The normalized spacial score (nSPS) is 11.1. The van der Waals surface area contributed by atoms with Crippen molar-refractivity contribution < 1.29 is 0 Å². The highest BCUT2D eigenvalue weighted by molar-refractivity contribution is 6.04. The molecule has 3 heteroatoms. The van der Waals surface area contributed by atoms with Crippen LogP contribution in [-0.2, 0) is 0 Å². The molecule has 0 saturated heterocycles. The number of hydrogen-bond donors (Lipinski definition) is 2. The van der Waals surface area contributed by atoms with Gasteiger partial charge in [0.25, 0.3) is 0 Å². The van der Waals surface area contributed by atoms with Crippen LogP contribution >= 0.6 is 0 Å². The van der Waals surface area contributed by atoms with Crippen LogP contribution in [0.3, 0.4) is 0 Å². The van der Waals surface area contributed by atoms with Crippen LogP contribution in [-0.4, -0.2) is 9.97 Å². The topological polar surface area (TPSA) is 48.6 Å². The highest BCUT2D eigenvalue weighted by Crippen LogP contribution is 2.19. The number of benzene rings is 1. The molecule has 0 bridgehead atoms. The molecule has 2 N–H and O–H groups in total. The maximum Gasteiger partial charge on any atom is 0.190 e. The van der Waals surface area contributed by atoms with E-state index in [0.717, 1.165) is 21.8 Å². The lowest BCUT2D eigenvalue weighted by Gasteiger charge is -1.97. The lowest BCUT2D eigenvalue weighted by molar-refractivity contribution is 1.40. The lowest BCUT2D eigenvalue weighted by Crippen LogP contribution is -1.99. The van der Waals surface area contributed by atoms with Gasteiger partial charge in [-0.1, -0.05) is 0 Å². The van der Waals surface area contributed by atoms with E-state index in [0.29, 0.717) is 0 Å². The molecule has 0 amide bonds. The molecule has 0 unspecified atom stereocenters. The van der Waals surface area contributed by atoms with Crippen LogP contribution in [0.4, 0.5) is 0 Å². The van der Waals surface area contributed by atoms with E-state index in [1.807, 2.05) is 24.4 Å². The summed E-state index contributed by atoms with van der Waals surface area (Å²) in [6.45, 7) is 0. The Balaban J connectivity index is 2.74. The standard InChI is InChI=1S/C11H8N2O/c14-10-4-6-13-9-2-1-8-7(11(9)10)3-5-12-8/h1-6,12H,(H,13,14). The van der Waals surface area contributed by atoms with Crippen LogP contribution in [0.25, 0.3) is 21.8 Å². The molecule has 0 aliphatic carbocycles. The van der Waals surface area contributed by atoms with Gasteiger partial charge in [0.1, 0.15) is 0 Å². The first kappa shape index (κ1) is 7.38. The summed E-state index contributed by atoms with van der Waals surface area (Å²) in [6.07, 6.45) is 3.51. The van der Waals surface area contributed by atoms with Crippen molar-refractivity contribution in [2.75, 3.05) is 0 Å². The molecular weight excluding hydrogens is 176 g/mol. The van der Waals surface area contributed by atoms with E-state index >= 15 is 0 Å². The third kappa shape index (κ3) is 0.836. The van der Waals surface area contributed by atoms with E-state index in [1.54, 1.807) is 12.3 Å². The average Bonchev–Trinajstić information content (AvgIpc) is 2.65. The largest absolute Gasteiger partial charge is 0.361 e. The molecular formula is C11H8N2O. The second kappa shape index (κ2) is 2.48. The number of pyridine rings is 1. The fourth-order valence-corrected chi connectivity index (χ4v) is 1.81. The monoisotopic (exact) mass is 184 g/mol. The number of aromatic nitrogens is 2. The fourth-order valence-electron chi connectivity index (χ4n) is 1.81. The van der Waals surface area contributed by atoms with Crippen molar-refractivity contribution in [2.45, 2.75) is 0 Å². The maximum absolute atomic E-state index is 11.7. The zero-order valence-corrected chi connectivity index (χ0v) is 7.37. The summed E-state index contributed by atoms with van der Waals surface area (Å²) in [5.74, 6) is 0. The second-order valence-corrected chi connectivity index (χ2v) is 3.27. The van der Waals surface area contributed by atoms with E-state index in [4.69, 9.17) is 0 Å². The van der Waals surface area contributed by atoms with Crippen molar-refractivity contribution in [1.82, 2.24) is 9.97 Å². The van der Waals surface area contributed by atoms with Crippen molar-refractivity contribution in [2.24, 2.45) is 0 Å². The predicted molar refractivity (Wildman–Crippen MR) is 56.4 cm³/mol. The third-order valence-electron chi connectivity index (χ3n) is 2.45. The number of aromatic amines is 2. The first-order valence-electron chi connectivity index (χ1n) is 4.44. The van der Waals surface area contributed by atoms with E-state index in [2.05, 4.69) is 9.97 Å². The summed E-state index contributed by atoms with van der Waals surface area (Å²) in [4.78, 5) is 17.8. The van der Waals surface area contributed by atoms with Crippen LogP contribution in [0.1, 0.15) is 0 Å². The molecule has 0 atom stereocenters. The minimum atomic E-state index is 0.0592. The second-order valence-electron chi connectivity index (χ2n) is 3.27. The summed E-state index contributed by atoms with van der Waals surface area (Å²) >= 11 is 0. The summed E-state index contributed by atoms with van der Waals surface area (Å²) < 4.78 is 0. The Morgan fingerprint density at radius 1 is 0.857 bits per heavy atom. The van der Waals surface area contributed by atoms with E-state index in [1.165, 1.54) is 0 Å².